The molecule has 1 heterocycles. The summed E-state index contributed by atoms with van der Waals surface area (Å²) in [5.74, 6) is -0.136. The molecule has 0 aromatic carbocycles. The number of carbonyl (C=O) groups is 1. The van der Waals surface area contributed by atoms with Gasteiger partial charge in [-0.15, -0.1) is 0 Å². The third kappa shape index (κ3) is 40.6. The molecule has 0 spiro atoms. The number of hydrogen-bond donors (Lipinski definition) is 6. The molecule has 1 amide bonds. The molecule has 7 atom stereocenters. The Labute approximate surface area is 434 Å². The lowest BCUT2D eigenvalue weighted by molar-refractivity contribution is -0.302. The minimum Gasteiger partial charge on any atom is -0.394 e. The molecule has 1 aliphatic heterocycles. The summed E-state index contributed by atoms with van der Waals surface area (Å²) in [5.41, 5.74) is 0. The minimum absolute atomic E-state index is 0.131. The second kappa shape index (κ2) is 51.7. The van der Waals surface area contributed by atoms with Crippen LogP contribution in [0, 0.1) is 0 Å². The van der Waals surface area contributed by atoms with E-state index in [9.17, 15) is 30.3 Å². The zero-order valence-electron chi connectivity index (χ0n) is 46.6. The fourth-order valence-corrected chi connectivity index (χ4v) is 10.5. The molecule has 1 fully saturated rings. The van der Waals surface area contributed by atoms with Crippen molar-refractivity contribution in [3.05, 3.63) is 0 Å². The van der Waals surface area contributed by atoms with Crippen LogP contribution in [0.25, 0.3) is 0 Å². The molecule has 7 unspecified atom stereocenters. The largest absolute Gasteiger partial charge is 0.394 e. The first kappa shape index (κ1) is 67.2. The summed E-state index contributed by atoms with van der Waals surface area (Å²) in [7, 11) is 0. The van der Waals surface area contributed by atoms with Crippen molar-refractivity contribution >= 4 is 5.91 Å². The van der Waals surface area contributed by atoms with Gasteiger partial charge in [-0.05, 0) is 12.8 Å². The fourth-order valence-electron chi connectivity index (χ4n) is 10.5. The van der Waals surface area contributed by atoms with Gasteiger partial charge >= 0.3 is 0 Å². The summed E-state index contributed by atoms with van der Waals surface area (Å²) in [5, 5.41) is 54.6. The van der Waals surface area contributed by atoms with Gasteiger partial charge in [-0.2, -0.15) is 0 Å². The van der Waals surface area contributed by atoms with Crippen LogP contribution in [0.15, 0.2) is 0 Å². The molecule has 6 N–H and O–H groups in total. The number of nitrogens with one attached hydrogen (secondary N) is 1. The van der Waals surface area contributed by atoms with Crippen LogP contribution in [-0.4, -0.2) is 87.5 Å². The van der Waals surface area contributed by atoms with Crippen LogP contribution >= 0.6 is 0 Å². The Morgan fingerprint density at radius 2 is 0.714 bits per heavy atom. The van der Waals surface area contributed by atoms with Gasteiger partial charge in [0.2, 0.25) is 5.91 Å². The molecule has 0 bridgehead atoms. The van der Waals surface area contributed by atoms with Crippen molar-refractivity contribution < 1.29 is 39.8 Å². The van der Waals surface area contributed by atoms with Crippen molar-refractivity contribution in [3.8, 4) is 0 Å². The maximum absolute atomic E-state index is 13.1. The molecule has 0 aromatic rings. The van der Waals surface area contributed by atoms with E-state index < -0.39 is 49.5 Å². The number of aliphatic hydroxyl groups excluding tert-OH is 5. The lowest BCUT2D eigenvalue weighted by Crippen LogP contribution is -2.60. The summed E-state index contributed by atoms with van der Waals surface area (Å²) in [4.78, 5) is 13.1. The summed E-state index contributed by atoms with van der Waals surface area (Å²) < 4.78 is 11.3. The summed E-state index contributed by atoms with van der Waals surface area (Å²) in [6.07, 6.45) is 56.0. The SMILES string of the molecule is CCCCCCCCCCCCCCCCCCCCCCCCCCCCCCCCCCCCC(=O)NC(COC1OC(CO)C(O)C(O)C1O)C(O)CCCCCCCCCCCCCCC. The van der Waals surface area contributed by atoms with E-state index in [1.54, 1.807) is 0 Å². The van der Waals surface area contributed by atoms with Gasteiger partial charge in [0.1, 0.15) is 24.4 Å². The first-order valence-corrected chi connectivity index (χ1v) is 31.2. The lowest BCUT2D eigenvalue weighted by atomic mass is 9.99. The molecule has 1 aliphatic rings. The molecule has 9 heteroatoms. The van der Waals surface area contributed by atoms with Crippen LogP contribution in [0.4, 0.5) is 0 Å². The molecular formula is C61H121NO8. The van der Waals surface area contributed by atoms with Gasteiger partial charge in [0.15, 0.2) is 6.29 Å². The van der Waals surface area contributed by atoms with Gasteiger partial charge in [-0.3, -0.25) is 4.79 Å². The number of rotatable bonds is 55. The number of hydrogen-bond acceptors (Lipinski definition) is 8. The van der Waals surface area contributed by atoms with Crippen LogP contribution in [-0.2, 0) is 14.3 Å². The average molecular weight is 997 g/mol. The maximum atomic E-state index is 13.1. The molecule has 9 nitrogen and oxygen atoms in total. The second-order valence-corrected chi connectivity index (χ2v) is 22.2. The summed E-state index contributed by atoms with van der Waals surface area (Å²) in [6.45, 7) is 3.88. The fraction of sp³-hybridized carbons (Fsp3) is 0.984. The Balaban J connectivity index is 2.04. The van der Waals surface area contributed by atoms with E-state index in [1.807, 2.05) is 0 Å². The highest BCUT2D eigenvalue weighted by molar-refractivity contribution is 5.76. The standard InChI is InChI=1S/C61H121NO8/c1-3-5-7-9-11-13-15-17-18-19-20-21-22-23-24-25-26-27-28-29-30-31-32-33-34-35-36-37-39-41-43-45-47-49-51-57(65)62-54(53-69-61-60(68)59(67)58(66)56(52-63)70-61)55(64)50-48-46-44-42-40-38-16-14-12-10-8-6-4-2/h54-56,58-61,63-64,66-68H,3-53H2,1-2H3,(H,62,65). The second-order valence-electron chi connectivity index (χ2n) is 22.2. The lowest BCUT2D eigenvalue weighted by Gasteiger charge is -2.40. The van der Waals surface area contributed by atoms with Crippen molar-refractivity contribution in [2.75, 3.05) is 13.2 Å². The molecule has 70 heavy (non-hydrogen) atoms. The molecule has 0 radical (unpaired) electrons. The topological polar surface area (TPSA) is 149 Å². The van der Waals surface area contributed by atoms with Crippen LogP contribution in [0.5, 0.6) is 0 Å². The van der Waals surface area contributed by atoms with Crippen molar-refractivity contribution in [2.24, 2.45) is 0 Å². The van der Waals surface area contributed by atoms with Crippen molar-refractivity contribution in [2.45, 2.75) is 371 Å². The van der Waals surface area contributed by atoms with Crippen molar-refractivity contribution in [1.29, 1.82) is 0 Å². The van der Waals surface area contributed by atoms with Gasteiger partial charge in [-0.25, -0.2) is 0 Å². The van der Waals surface area contributed by atoms with Gasteiger partial charge < -0.3 is 40.3 Å². The number of carbonyl (C=O) groups excluding carboxylic acids is 1. The van der Waals surface area contributed by atoms with E-state index in [0.29, 0.717) is 12.8 Å². The van der Waals surface area contributed by atoms with E-state index in [-0.39, 0.29) is 12.5 Å². The molecule has 1 saturated heterocycles. The smallest absolute Gasteiger partial charge is 0.220 e. The van der Waals surface area contributed by atoms with Gasteiger partial charge in [-0.1, -0.05) is 309 Å². The number of unbranched alkanes of at least 4 members (excludes halogenated alkanes) is 45. The van der Waals surface area contributed by atoms with Crippen molar-refractivity contribution in [3.63, 3.8) is 0 Å². The highest BCUT2D eigenvalue weighted by Gasteiger charge is 2.44. The van der Waals surface area contributed by atoms with Crippen molar-refractivity contribution in [1.82, 2.24) is 5.32 Å². The van der Waals surface area contributed by atoms with E-state index in [0.717, 1.165) is 38.5 Å². The minimum atomic E-state index is -1.55. The Morgan fingerprint density at radius 1 is 0.429 bits per heavy atom. The molecule has 0 saturated carbocycles. The Morgan fingerprint density at radius 3 is 1.01 bits per heavy atom. The van der Waals surface area contributed by atoms with Crippen LogP contribution in [0.2, 0.25) is 0 Å². The Hall–Kier alpha value is -0.810. The highest BCUT2D eigenvalue weighted by Crippen LogP contribution is 2.24. The molecule has 418 valence electrons. The number of aliphatic hydroxyl groups is 5. The normalized spacial score (nSPS) is 19.2. The zero-order chi connectivity index (χ0) is 50.8. The van der Waals surface area contributed by atoms with Gasteiger partial charge in [0.05, 0.1) is 25.4 Å². The molecule has 1 rings (SSSR count). The molecular weight excluding hydrogens is 875 g/mol. The van der Waals surface area contributed by atoms with Crippen LogP contribution in [0.3, 0.4) is 0 Å². The third-order valence-electron chi connectivity index (χ3n) is 15.5. The summed E-state index contributed by atoms with van der Waals surface area (Å²) in [6, 6.07) is -0.713. The zero-order valence-corrected chi connectivity index (χ0v) is 46.6. The van der Waals surface area contributed by atoms with Crippen LogP contribution < -0.4 is 5.32 Å². The molecule has 0 aliphatic carbocycles. The predicted molar refractivity (Wildman–Crippen MR) is 295 cm³/mol. The molecule has 0 aromatic heterocycles. The average Bonchev–Trinajstić information content (AvgIpc) is 3.36. The van der Waals surface area contributed by atoms with E-state index in [1.165, 1.54) is 263 Å². The first-order valence-electron chi connectivity index (χ1n) is 31.2. The highest BCUT2D eigenvalue weighted by atomic mass is 16.7. The quantitative estimate of drug-likeness (QED) is 0.0330. The van der Waals surface area contributed by atoms with Gasteiger partial charge in [0, 0.05) is 6.42 Å². The number of ether oxygens (including phenoxy) is 2. The Bertz CT molecular complexity index is 1060. The predicted octanol–water partition coefficient (Wildman–Crippen LogP) is 15.8. The first-order chi connectivity index (χ1) is 34.3. The van der Waals surface area contributed by atoms with E-state index in [2.05, 4.69) is 19.2 Å². The van der Waals surface area contributed by atoms with Gasteiger partial charge in [0.25, 0.3) is 0 Å². The van der Waals surface area contributed by atoms with Crippen LogP contribution in [0.1, 0.15) is 328 Å². The van der Waals surface area contributed by atoms with E-state index in [4.69, 9.17) is 9.47 Å². The van der Waals surface area contributed by atoms with E-state index >= 15 is 0 Å². The Kier molecular flexibility index (Phi) is 49.6. The maximum Gasteiger partial charge on any atom is 0.220 e. The number of amides is 1. The monoisotopic (exact) mass is 996 g/mol. The summed E-state index contributed by atoms with van der Waals surface area (Å²) >= 11 is 0. The third-order valence-corrected chi connectivity index (χ3v) is 15.5.